The highest BCUT2D eigenvalue weighted by molar-refractivity contribution is 5.49. The summed E-state index contributed by atoms with van der Waals surface area (Å²) < 4.78 is 5.30. The summed E-state index contributed by atoms with van der Waals surface area (Å²) in [6, 6.07) is 64.5. The molecule has 0 spiro atoms. The summed E-state index contributed by atoms with van der Waals surface area (Å²) in [7, 11) is 9.89. The Morgan fingerprint density at radius 1 is 0.392 bits per heavy atom. The van der Waals surface area contributed by atoms with Gasteiger partial charge >= 0.3 is 0 Å². The largest absolute Gasteiger partial charge is 0.497 e. The first-order valence-corrected chi connectivity index (χ1v) is 36.7. The number of nitrogens with zero attached hydrogens (tertiary/aromatic N) is 6. The van der Waals surface area contributed by atoms with E-state index in [1.165, 1.54) is 113 Å². The molecule has 8 unspecified atom stereocenters. The Hall–Kier alpha value is -6.82. The van der Waals surface area contributed by atoms with Crippen molar-refractivity contribution in [3.05, 3.63) is 233 Å². The number of hydrogen-bond donors (Lipinski definition) is 4. The van der Waals surface area contributed by atoms with Crippen LogP contribution in [0.1, 0.15) is 104 Å². The zero-order valence-electron chi connectivity index (χ0n) is 58.9. The fraction of sp³-hybridized carbons (Fsp3) is 0.488. The molecular weight excluding hydrogens is 1200 g/mol. The molecular formula is C86H112N6O5. The van der Waals surface area contributed by atoms with Crippen LogP contribution < -0.4 is 14.5 Å². The minimum atomic E-state index is -1.11. The predicted octanol–water partition coefficient (Wildman–Crippen LogP) is 13.2. The van der Waals surface area contributed by atoms with E-state index in [-0.39, 0.29) is 13.3 Å². The van der Waals surface area contributed by atoms with Gasteiger partial charge in [0.15, 0.2) is 5.60 Å². The van der Waals surface area contributed by atoms with Gasteiger partial charge in [-0.3, -0.25) is 0 Å². The topological polar surface area (TPSA) is 110 Å². The van der Waals surface area contributed by atoms with Crippen molar-refractivity contribution in [3.8, 4) is 18.1 Å². The van der Waals surface area contributed by atoms with Crippen molar-refractivity contribution in [1.29, 1.82) is 0 Å². The maximum Gasteiger partial charge on any atom is 0.154 e. The summed E-state index contributed by atoms with van der Waals surface area (Å²) >= 11 is 0. The van der Waals surface area contributed by atoms with Gasteiger partial charge in [-0.15, -0.1) is 6.42 Å². The average Bonchev–Trinajstić information content (AvgIpc) is 0.769. The molecule has 0 aliphatic carbocycles. The number of benzene rings is 7. The monoisotopic (exact) mass is 1310 g/mol. The highest BCUT2D eigenvalue weighted by Crippen LogP contribution is 2.49. The molecule has 11 heteroatoms. The summed E-state index contributed by atoms with van der Waals surface area (Å²) in [6.07, 6.45) is 18.4. The van der Waals surface area contributed by atoms with Crippen LogP contribution in [0.25, 0.3) is 0 Å². The lowest BCUT2D eigenvalue weighted by Crippen LogP contribution is -2.55. The van der Waals surface area contributed by atoms with Crippen LogP contribution in [0.5, 0.6) is 5.75 Å². The van der Waals surface area contributed by atoms with Crippen molar-refractivity contribution in [2.24, 2.45) is 47.3 Å². The predicted molar refractivity (Wildman–Crippen MR) is 398 cm³/mol. The first-order chi connectivity index (χ1) is 47.0. The van der Waals surface area contributed by atoms with Crippen LogP contribution in [0.3, 0.4) is 0 Å². The summed E-state index contributed by atoms with van der Waals surface area (Å²) in [6.45, 7) is 15.6. The quantitative estimate of drug-likeness (QED) is 0.0617. The maximum absolute atomic E-state index is 12.2. The van der Waals surface area contributed by atoms with E-state index in [9.17, 15) is 20.4 Å². The molecule has 12 aliphatic heterocycles. The van der Waals surface area contributed by atoms with Crippen molar-refractivity contribution in [2.45, 2.75) is 106 Å². The van der Waals surface area contributed by atoms with Crippen molar-refractivity contribution >= 4 is 11.4 Å². The Kier molecular flexibility index (Phi) is 22.5. The van der Waals surface area contributed by atoms with Crippen molar-refractivity contribution < 1.29 is 26.6 Å². The number of ether oxygens (including phenoxy) is 1. The molecule has 0 aromatic heterocycles. The molecule has 97 heavy (non-hydrogen) atoms. The van der Waals surface area contributed by atoms with E-state index >= 15 is 0 Å². The molecule has 12 fully saturated rings. The third-order valence-corrected chi connectivity index (χ3v) is 24.3. The van der Waals surface area contributed by atoms with Crippen LogP contribution >= 0.6 is 0 Å². The molecule has 11 nitrogen and oxygen atoms in total. The van der Waals surface area contributed by atoms with E-state index in [2.05, 4.69) is 190 Å². The molecule has 0 amide bonds. The van der Waals surface area contributed by atoms with Crippen LogP contribution in [0, 0.1) is 59.7 Å². The van der Waals surface area contributed by atoms with Crippen LogP contribution in [-0.2, 0) is 48.1 Å². The van der Waals surface area contributed by atoms with E-state index in [1.807, 2.05) is 68.7 Å². The van der Waals surface area contributed by atoms with Gasteiger partial charge in [-0.25, -0.2) is 0 Å². The standard InChI is InChI=1S/C24H32N2O2.C23H30N2O.C23H29NO.C16H19NO.H2/c1-25(2)21-8-6-20(7-9-21)24(27,16-18-4-10-22(28-3)11-5-18)23-17-26-14-12-19(23)13-15-26;1-24(2)21-10-8-20(9-11-21)23(26,16-18-6-4-3-5-7-18)22-17-25-14-12-19(22)13-15-25;1-2-18-8-10-21(11-9-18)23(25,16-19-6-4-3-5-7-19)22-17-24-14-12-20(22)13-15-24;1-2-16(18,14-6-4-3-5-7-14)15-12-17-10-8-13(15)9-11-17;/h4-11,19,23,27H,12-17H2,1-3H3;3-11,19,22,26H,12-17H2,1-2H3;3-11,20,22,25H,2,12-17H2,1H3;1,3-7,13,15,18H,8-12H2;1H. The molecule has 12 aliphatic rings. The zero-order valence-corrected chi connectivity index (χ0v) is 58.9. The van der Waals surface area contributed by atoms with Gasteiger partial charge in [0, 0.05) is 110 Å². The average molecular weight is 1310 g/mol. The summed E-state index contributed by atoms with van der Waals surface area (Å²) in [5.41, 5.74) is 7.74. The number of terminal acetylenes is 1. The Morgan fingerprint density at radius 2 is 0.680 bits per heavy atom. The van der Waals surface area contributed by atoms with Crippen molar-refractivity contribution in [2.75, 3.05) is 124 Å². The van der Waals surface area contributed by atoms with Gasteiger partial charge in [0.2, 0.25) is 0 Å². The molecule has 7 aromatic carbocycles. The normalized spacial score (nSPS) is 28.2. The van der Waals surface area contributed by atoms with Gasteiger partial charge in [-0.1, -0.05) is 165 Å². The zero-order chi connectivity index (χ0) is 67.7. The SMILES string of the molecule is C#CC(O)(c1ccccc1)C1CN2CCC1CC2.CCc1ccc(C(O)(Cc2ccccc2)C2CN3CCC2CC3)cc1.CN(C)c1ccc(C(O)(Cc2ccccc2)C2CN3CCC2CC3)cc1.COc1ccc(CC(O)(c2ccc(N(C)C)cc2)C2CN3CCC2CC3)cc1.[HH]. The van der Waals surface area contributed by atoms with E-state index in [0.29, 0.717) is 54.8 Å². The van der Waals surface area contributed by atoms with Crippen LogP contribution in [-0.4, -0.2) is 154 Å². The molecule has 516 valence electrons. The second kappa shape index (κ2) is 31.2. The number of piperidine rings is 12. The Balaban J connectivity index is 0.000000133. The first-order valence-electron chi connectivity index (χ1n) is 36.7. The third-order valence-electron chi connectivity index (χ3n) is 24.3. The third kappa shape index (κ3) is 15.8. The molecule has 12 saturated heterocycles. The summed E-state index contributed by atoms with van der Waals surface area (Å²) in [4.78, 5) is 14.2. The lowest BCUT2D eigenvalue weighted by atomic mass is 9.66. The van der Waals surface area contributed by atoms with Gasteiger partial charge in [-0.05, 0) is 215 Å². The Bertz CT molecular complexity index is 3600. The van der Waals surface area contributed by atoms with Crippen molar-refractivity contribution in [1.82, 2.24) is 19.6 Å². The smallest absolute Gasteiger partial charge is 0.154 e. The summed E-state index contributed by atoms with van der Waals surface area (Å²) in [5.74, 6) is 7.03. The lowest BCUT2D eigenvalue weighted by molar-refractivity contribution is -0.102. The second-order valence-electron chi connectivity index (χ2n) is 30.3. The van der Waals surface area contributed by atoms with Gasteiger partial charge < -0.3 is 54.6 Å². The molecule has 8 bridgehead atoms. The van der Waals surface area contributed by atoms with Gasteiger partial charge in [0.1, 0.15) is 5.75 Å². The number of rotatable bonds is 18. The van der Waals surface area contributed by atoms with Crippen LogP contribution in [0.15, 0.2) is 188 Å². The Morgan fingerprint density at radius 3 is 0.959 bits per heavy atom. The fourth-order valence-corrected chi connectivity index (χ4v) is 18.4. The summed E-state index contributed by atoms with van der Waals surface area (Å²) in [5, 5.41) is 47.2. The molecule has 7 aromatic rings. The second-order valence-corrected chi connectivity index (χ2v) is 30.3. The number of methoxy groups -OCH3 is 1. The number of fused-ring (bicyclic) bond motifs is 12. The Labute approximate surface area is 582 Å². The molecule has 8 atom stereocenters. The highest BCUT2D eigenvalue weighted by Gasteiger charge is 2.51. The van der Waals surface area contributed by atoms with E-state index in [0.717, 1.165) is 84.9 Å². The lowest BCUT2D eigenvalue weighted by Gasteiger charge is -2.51. The first kappa shape index (κ1) is 70.1. The fourth-order valence-electron chi connectivity index (χ4n) is 18.4. The van der Waals surface area contributed by atoms with Crippen LogP contribution in [0.2, 0.25) is 0 Å². The van der Waals surface area contributed by atoms with Crippen LogP contribution in [0.4, 0.5) is 11.4 Å². The number of aryl methyl sites for hydroxylation is 1. The highest BCUT2D eigenvalue weighted by atomic mass is 16.5. The minimum absolute atomic E-state index is 0. The number of hydrogen-bond acceptors (Lipinski definition) is 11. The van der Waals surface area contributed by atoms with Gasteiger partial charge in [-0.2, -0.15) is 0 Å². The van der Waals surface area contributed by atoms with Crippen molar-refractivity contribution in [3.63, 3.8) is 0 Å². The maximum atomic E-state index is 12.2. The van der Waals surface area contributed by atoms with Gasteiger partial charge in [0.25, 0.3) is 0 Å². The molecule has 4 N–H and O–H groups in total. The molecule has 0 radical (unpaired) electrons. The number of anilines is 2. The number of aliphatic hydroxyl groups is 4. The van der Waals surface area contributed by atoms with E-state index in [4.69, 9.17) is 11.2 Å². The van der Waals surface area contributed by atoms with E-state index < -0.39 is 22.4 Å². The minimum Gasteiger partial charge on any atom is -0.497 e. The molecule has 12 heterocycles. The van der Waals surface area contributed by atoms with E-state index in [1.54, 1.807) is 7.11 Å². The molecule has 0 saturated carbocycles. The van der Waals surface area contributed by atoms with Gasteiger partial charge in [0.05, 0.1) is 23.9 Å². The molecule has 19 rings (SSSR count).